The summed E-state index contributed by atoms with van der Waals surface area (Å²) in [5.74, 6) is 0.835. The normalized spacial score (nSPS) is 10.8. The van der Waals surface area contributed by atoms with Gasteiger partial charge in [0.05, 0.1) is 7.11 Å². The SMILES string of the molecule is COc1cc(C)cc2c(C)cc(CCN)nc12. The molecule has 0 bridgehead atoms. The number of methoxy groups -OCH3 is 1. The van der Waals surface area contributed by atoms with Crippen LogP contribution in [-0.4, -0.2) is 18.6 Å². The van der Waals surface area contributed by atoms with E-state index in [1.165, 1.54) is 11.1 Å². The van der Waals surface area contributed by atoms with Crippen molar-refractivity contribution >= 4 is 10.9 Å². The highest BCUT2D eigenvalue weighted by molar-refractivity contribution is 5.88. The molecule has 0 fully saturated rings. The number of hydrogen-bond donors (Lipinski definition) is 1. The quantitative estimate of drug-likeness (QED) is 0.880. The molecule has 3 nitrogen and oxygen atoms in total. The Morgan fingerprint density at radius 2 is 2.00 bits per heavy atom. The summed E-state index contributed by atoms with van der Waals surface area (Å²) in [5.41, 5.74) is 9.95. The molecule has 0 aliphatic heterocycles. The summed E-state index contributed by atoms with van der Waals surface area (Å²) in [6.45, 7) is 4.78. The van der Waals surface area contributed by atoms with E-state index in [0.29, 0.717) is 6.54 Å². The van der Waals surface area contributed by atoms with E-state index >= 15 is 0 Å². The van der Waals surface area contributed by atoms with Gasteiger partial charge in [-0.25, -0.2) is 4.98 Å². The topological polar surface area (TPSA) is 48.1 Å². The van der Waals surface area contributed by atoms with E-state index in [1.54, 1.807) is 7.11 Å². The van der Waals surface area contributed by atoms with Crippen molar-refractivity contribution in [1.82, 2.24) is 4.98 Å². The van der Waals surface area contributed by atoms with Gasteiger partial charge in [-0.1, -0.05) is 0 Å². The summed E-state index contributed by atoms with van der Waals surface area (Å²) in [5, 5.41) is 1.16. The molecule has 0 spiro atoms. The molecular formula is C14H18N2O. The van der Waals surface area contributed by atoms with Crippen molar-refractivity contribution in [1.29, 1.82) is 0 Å². The second kappa shape index (κ2) is 4.72. The zero-order valence-electron chi connectivity index (χ0n) is 10.6. The maximum absolute atomic E-state index is 5.58. The smallest absolute Gasteiger partial charge is 0.145 e. The van der Waals surface area contributed by atoms with Gasteiger partial charge in [0, 0.05) is 17.5 Å². The van der Waals surface area contributed by atoms with Gasteiger partial charge in [-0.05, 0) is 49.7 Å². The lowest BCUT2D eigenvalue weighted by Crippen LogP contribution is -2.05. The standard InChI is InChI=1S/C14H18N2O/c1-9-6-12-10(2)8-11(4-5-15)16-14(12)13(7-9)17-3/h6-8H,4-5,15H2,1-3H3. The van der Waals surface area contributed by atoms with E-state index in [2.05, 4.69) is 31.0 Å². The van der Waals surface area contributed by atoms with Crippen LogP contribution in [0.5, 0.6) is 5.75 Å². The van der Waals surface area contributed by atoms with Crippen molar-refractivity contribution in [2.24, 2.45) is 5.73 Å². The summed E-state index contributed by atoms with van der Waals surface area (Å²) in [7, 11) is 1.68. The van der Waals surface area contributed by atoms with Gasteiger partial charge in [-0.2, -0.15) is 0 Å². The highest BCUT2D eigenvalue weighted by atomic mass is 16.5. The predicted octanol–water partition coefficient (Wildman–Crippen LogP) is 2.36. The third kappa shape index (κ3) is 2.24. The molecule has 0 unspecified atom stereocenters. The zero-order valence-corrected chi connectivity index (χ0v) is 10.6. The first-order valence-electron chi connectivity index (χ1n) is 5.80. The molecule has 0 aliphatic rings. The van der Waals surface area contributed by atoms with Crippen LogP contribution in [0.25, 0.3) is 10.9 Å². The number of benzene rings is 1. The molecule has 0 aliphatic carbocycles. The molecule has 1 aromatic carbocycles. The minimum Gasteiger partial charge on any atom is -0.494 e. The number of fused-ring (bicyclic) bond motifs is 1. The predicted molar refractivity (Wildman–Crippen MR) is 70.5 cm³/mol. The van der Waals surface area contributed by atoms with E-state index in [0.717, 1.165) is 28.8 Å². The average molecular weight is 230 g/mol. The van der Waals surface area contributed by atoms with Crippen molar-refractivity contribution in [3.63, 3.8) is 0 Å². The number of rotatable bonds is 3. The largest absolute Gasteiger partial charge is 0.494 e. The van der Waals surface area contributed by atoms with Gasteiger partial charge in [0.2, 0.25) is 0 Å². The van der Waals surface area contributed by atoms with Gasteiger partial charge in [0.1, 0.15) is 11.3 Å². The Labute approximate surface area is 102 Å². The number of aryl methyl sites for hydroxylation is 2. The molecule has 0 saturated heterocycles. The Kier molecular flexibility index (Phi) is 3.29. The number of aromatic nitrogens is 1. The van der Waals surface area contributed by atoms with Crippen LogP contribution in [0.1, 0.15) is 16.8 Å². The molecule has 2 aromatic rings. The molecular weight excluding hydrogens is 212 g/mol. The molecule has 1 aromatic heterocycles. The third-order valence-corrected chi connectivity index (χ3v) is 2.90. The Morgan fingerprint density at radius 1 is 1.24 bits per heavy atom. The molecule has 3 heteroatoms. The van der Waals surface area contributed by atoms with Gasteiger partial charge in [-0.3, -0.25) is 0 Å². The molecule has 0 atom stereocenters. The van der Waals surface area contributed by atoms with Crippen LogP contribution in [0.3, 0.4) is 0 Å². The Hall–Kier alpha value is -1.61. The molecule has 1 heterocycles. The highest BCUT2D eigenvalue weighted by Gasteiger charge is 2.08. The van der Waals surface area contributed by atoms with Gasteiger partial charge in [0.15, 0.2) is 0 Å². The molecule has 0 saturated carbocycles. The number of hydrogen-bond acceptors (Lipinski definition) is 3. The van der Waals surface area contributed by atoms with Crippen LogP contribution in [-0.2, 0) is 6.42 Å². The van der Waals surface area contributed by atoms with Crippen molar-refractivity contribution < 1.29 is 4.74 Å². The molecule has 17 heavy (non-hydrogen) atoms. The first kappa shape index (κ1) is 11.9. The van der Waals surface area contributed by atoms with Crippen LogP contribution in [0.4, 0.5) is 0 Å². The highest BCUT2D eigenvalue weighted by Crippen LogP contribution is 2.28. The van der Waals surface area contributed by atoms with E-state index < -0.39 is 0 Å². The molecule has 90 valence electrons. The lowest BCUT2D eigenvalue weighted by atomic mass is 10.0. The summed E-state index contributed by atoms with van der Waals surface area (Å²) < 4.78 is 5.40. The second-order valence-corrected chi connectivity index (χ2v) is 4.33. The number of nitrogens with zero attached hydrogens (tertiary/aromatic N) is 1. The summed E-state index contributed by atoms with van der Waals surface area (Å²) in [6.07, 6.45) is 0.799. The fourth-order valence-corrected chi connectivity index (χ4v) is 2.10. The van der Waals surface area contributed by atoms with Gasteiger partial charge >= 0.3 is 0 Å². The van der Waals surface area contributed by atoms with Crippen molar-refractivity contribution in [2.45, 2.75) is 20.3 Å². The van der Waals surface area contributed by atoms with Crippen LogP contribution in [0, 0.1) is 13.8 Å². The number of ether oxygens (including phenoxy) is 1. The van der Waals surface area contributed by atoms with Crippen molar-refractivity contribution in [3.8, 4) is 5.75 Å². The summed E-state index contributed by atoms with van der Waals surface area (Å²) in [6, 6.07) is 6.27. The maximum atomic E-state index is 5.58. The first-order valence-corrected chi connectivity index (χ1v) is 5.80. The molecule has 0 radical (unpaired) electrons. The van der Waals surface area contributed by atoms with Gasteiger partial charge < -0.3 is 10.5 Å². The molecule has 2 N–H and O–H groups in total. The Bertz CT molecular complexity index is 549. The summed E-state index contributed by atoms with van der Waals surface area (Å²) in [4.78, 5) is 4.63. The minimum atomic E-state index is 0.617. The van der Waals surface area contributed by atoms with Crippen molar-refractivity contribution in [3.05, 3.63) is 35.0 Å². The van der Waals surface area contributed by atoms with E-state index in [-0.39, 0.29) is 0 Å². The van der Waals surface area contributed by atoms with Crippen LogP contribution < -0.4 is 10.5 Å². The van der Waals surface area contributed by atoms with Gasteiger partial charge in [-0.15, -0.1) is 0 Å². The molecule has 2 rings (SSSR count). The van der Waals surface area contributed by atoms with E-state index in [4.69, 9.17) is 10.5 Å². The first-order chi connectivity index (χ1) is 8.15. The fraction of sp³-hybridized carbons (Fsp3) is 0.357. The van der Waals surface area contributed by atoms with E-state index in [1.807, 2.05) is 6.07 Å². The zero-order chi connectivity index (χ0) is 12.4. The lowest BCUT2D eigenvalue weighted by Gasteiger charge is -2.10. The molecule has 0 amide bonds. The fourth-order valence-electron chi connectivity index (χ4n) is 2.10. The van der Waals surface area contributed by atoms with Crippen molar-refractivity contribution in [2.75, 3.05) is 13.7 Å². The van der Waals surface area contributed by atoms with Gasteiger partial charge in [0.25, 0.3) is 0 Å². The van der Waals surface area contributed by atoms with Crippen LogP contribution >= 0.6 is 0 Å². The van der Waals surface area contributed by atoms with E-state index in [9.17, 15) is 0 Å². The summed E-state index contributed by atoms with van der Waals surface area (Å²) >= 11 is 0. The Morgan fingerprint density at radius 3 is 2.65 bits per heavy atom. The maximum Gasteiger partial charge on any atom is 0.145 e. The number of pyridine rings is 1. The minimum absolute atomic E-state index is 0.617. The third-order valence-electron chi connectivity index (χ3n) is 2.90. The second-order valence-electron chi connectivity index (χ2n) is 4.33. The number of nitrogens with two attached hydrogens (primary N) is 1. The van der Waals surface area contributed by atoms with Crippen LogP contribution in [0.2, 0.25) is 0 Å². The van der Waals surface area contributed by atoms with Crippen LogP contribution in [0.15, 0.2) is 18.2 Å². The lowest BCUT2D eigenvalue weighted by molar-refractivity contribution is 0.418. The average Bonchev–Trinajstić information content (AvgIpc) is 2.30. The monoisotopic (exact) mass is 230 g/mol. The Balaban J connectivity index is 2.72.